The minimum Gasteiger partial charge on any atom is -0.389 e. The molecule has 0 aromatic carbocycles. The lowest BCUT2D eigenvalue weighted by molar-refractivity contribution is 0.207. The normalized spacial score (nSPS) is 13.2. The van der Waals surface area contributed by atoms with Crippen LogP contribution in [0.2, 0.25) is 0 Å². The third-order valence-electron chi connectivity index (χ3n) is 8.42. The summed E-state index contributed by atoms with van der Waals surface area (Å²) in [5.74, 6) is 16.6. The third-order valence-corrected chi connectivity index (χ3v) is 8.42. The average Bonchev–Trinajstić information content (AvgIpc) is 3.10. The minimum absolute atomic E-state index is 0.306. The highest BCUT2D eigenvalue weighted by atomic mass is 16.3. The number of rotatable bonds is 31. The molecule has 0 saturated carbocycles. The van der Waals surface area contributed by atoms with Gasteiger partial charge in [0.1, 0.15) is 6.10 Å². The van der Waals surface area contributed by atoms with Crippen LogP contribution in [0, 0.1) is 48.4 Å². The summed E-state index contributed by atoms with van der Waals surface area (Å²) < 4.78 is 0. The van der Waals surface area contributed by atoms with Crippen molar-refractivity contribution in [3.05, 3.63) is 48.6 Å². The van der Waals surface area contributed by atoms with Gasteiger partial charge < -0.3 is 15.3 Å². The number of hydrogen-bond acceptors (Lipinski definition) is 3. The van der Waals surface area contributed by atoms with E-state index in [0.29, 0.717) is 0 Å². The maximum atomic E-state index is 10.2. The molecule has 3 unspecified atom stereocenters. The number of hydrogen-bond donors (Lipinski definition) is 3. The molecular formula is C46H70O3. The van der Waals surface area contributed by atoms with E-state index in [-0.39, 0.29) is 6.10 Å². The molecule has 0 amide bonds. The van der Waals surface area contributed by atoms with Crippen molar-refractivity contribution < 1.29 is 15.3 Å². The van der Waals surface area contributed by atoms with Crippen molar-refractivity contribution in [1.29, 1.82) is 0 Å². The van der Waals surface area contributed by atoms with Crippen LogP contribution in [0.1, 0.15) is 173 Å². The summed E-state index contributed by atoms with van der Waals surface area (Å²) in [6.45, 7) is 0. The van der Waals surface area contributed by atoms with E-state index in [1.54, 1.807) is 6.08 Å². The first-order valence-corrected chi connectivity index (χ1v) is 19.7. The number of allylic oxidation sites excluding steroid dienone is 6. The van der Waals surface area contributed by atoms with Crippen LogP contribution in [-0.4, -0.2) is 33.6 Å². The fourth-order valence-electron chi connectivity index (χ4n) is 5.45. The van der Waals surface area contributed by atoms with E-state index < -0.39 is 12.2 Å². The van der Waals surface area contributed by atoms with Gasteiger partial charge in [-0.15, -0.1) is 12.8 Å². The van der Waals surface area contributed by atoms with Crippen molar-refractivity contribution in [2.24, 2.45) is 0 Å². The van der Waals surface area contributed by atoms with Gasteiger partial charge in [0.05, 0.1) is 6.10 Å². The summed E-state index contributed by atoms with van der Waals surface area (Å²) in [6.07, 6.45) is 55.6. The Morgan fingerprint density at radius 3 is 1.47 bits per heavy atom. The Morgan fingerprint density at radius 1 is 0.449 bits per heavy atom. The van der Waals surface area contributed by atoms with E-state index in [9.17, 15) is 15.3 Å². The lowest BCUT2D eigenvalue weighted by atomic mass is 10.0. The highest BCUT2D eigenvalue weighted by molar-refractivity contribution is 5.19. The van der Waals surface area contributed by atoms with Gasteiger partial charge in [-0.2, -0.15) is 0 Å². The van der Waals surface area contributed by atoms with Crippen LogP contribution >= 0.6 is 0 Å². The Balaban J connectivity index is 3.51. The van der Waals surface area contributed by atoms with Crippen molar-refractivity contribution in [3.8, 4) is 48.4 Å². The molecule has 0 aliphatic rings. The smallest absolute Gasteiger partial charge is 0.176 e. The molecule has 0 heterocycles. The van der Waals surface area contributed by atoms with E-state index in [2.05, 4.69) is 59.8 Å². The fourth-order valence-corrected chi connectivity index (χ4v) is 5.45. The number of aliphatic hydroxyl groups excluding tert-OH is 3. The Morgan fingerprint density at radius 2 is 0.878 bits per heavy atom. The fraction of sp³-hybridized carbons (Fsp3) is 0.652. The van der Waals surface area contributed by atoms with Gasteiger partial charge in [0.2, 0.25) is 0 Å². The number of aliphatic hydroxyl groups is 3. The van der Waals surface area contributed by atoms with Crippen LogP contribution in [0.3, 0.4) is 0 Å². The second-order valence-electron chi connectivity index (χ2n) is 13.1. The molecule has 3 atom stereocenters. The SMILES string of the molecule is C#CC=CCCCCCCCCCCCCCCCC(O)C=CCCC=CCCCCC#CC(O)C#CCCCCCCC=CC(O)C#C. The van der Waals surface area contributed by atoms with Crippen LogP contribution in [0.15, 0.2) is 48.6 Å². The number of unbranched alkanes of at least 4 members (excludes halogenated alkanes) is 22. The maximum absolute atomic E-state index is 10.2. The topological polar surface area (TPSA) is 60.7 Å². The Labute approximate surface area is 303 Å². The molecular weight excluding hydrogens is 601 g/mol. The van der Waals surface area contributed by atoms with Gasteiger partial charge >= 0.3 is 0 Å². The molecule has 49 heavy (non-hydrogen) atoms. The summed E-state index contributed by atoms with van der Waals surface area (Å²) in [5.41, 5.74) is 0. The molecule has 0 bridgehead atoms. The molecule has 0 aliphatic heterocycles. The van der Waals surface area contributed by atoms with Crippen molar-refractivity contribution in [2.45, 2.75) is 192 Å². The largest absolute Gasteiger partial charge is 0.389 e. The molecule has 3 N–H and O–H groups in total. The van der Waals surface area contributed by atoms with Gasteiger partial charge in [0.15, 0.2) is 6.10 Å². The Hall–Kier alpha value is -2.92. The van der Waals surface area contributed by atoms with E-state index in [1.165, 1.54) is 77.0 Å². The van der Waals surface area contributed by atoms with Crippen molar-refractivity contribution >= 4 is 0 Å². The molecule has 0 radical (unpaired) electrons. The molecule has 0 aliphatic carbocycles. The molecule has 0 aromatic heterocycles. The van der Waals surface area contributed by atoms with E-state index in [0.717, 1.165) is 96.3 Å². The van der Waals surface area contributed by atoms with Gasteiger partial charge in [-0.3, -0.25) is 0 Å². The zero-order valence-electron chi connectivity index (χ0n) is 30.9. The van der Waals surface area contributed by atoms with Gasteiger partial charge in [0, 0.05) is 12.8 Å². The summed E-state index contributed by atoms with van der Waals surface area (Å²) in [5, 5.41) is 29.4. The van der Waals surface area contributed by atoms with Gasteiger partial charge in [-0.1, -0.05) is 162 Å². The molecule has 3 heteroatoms. The third kappa shape index (κ3) is 39.4. The van der Waals surface area contributed by atoms with Crippen LogP contribution in [0.25, 0.3) is 0 Å². The first-order chi connectivity index (χ1) is 24.1. The molecule has 0 rings (SSSR count). The highest BCUT2D eigenvalue weighted by Crippen LogP contribution is 2.14. The minimum atomic E-state index is -0.853. The second kappa shape index (κ2) is 39.5. The van der Waals surface area contributed by atoms with Crippen LogP contribution in [0.5, 0.6) is 0 Å². The molecule has 0 saturated heterocycles. The van der Waals surface area contributed by atoms with Crippen LogP contribution < -0.4 is 0 Å². The maximum Gasteiger partial charge on any atom is 0.176 e. The summed E-state index contributed by atoms with van der Waals surface area (Å²) in [7, 11) is 0. The lowest BCUT2D eigenvalue weighted by Crippen LogP contribution is -2.01. The Bertz CT molecular complexity index is 1060. The highest BCUT2D eigenvalue weighted by Gasteiger charge is 1.99. The lowest BCUT2D eigenvalue weighted by Gasteiger charge is -2.06. The predicted molar refractivity (Wildman–Crippen MR) is 212 cm³/mol. The van der Waals surface area contributed by atoms with E-state index in [4.69, 9.17) is 12.8 Å². The second-order valence-corrected chi connectivity index (χ2v) is 13.1. The standard InChI is InChI=1S/C46H70O3/c1-3-5-6-7-8-9-10-11-12-13-14-15-16-19-25-30-35-40-45(48)41-36-31-26-20-17-18-21-27-32-37-42-46(49)43-38-33-28-23-22-24-29-34-39-44(47)4-2/h1-2,5-6,17,20,34,36,39,41,44-49H,7-16,18-19,21-33,35,40H2. The van der Waals surface area contributed by atoms with Crippen molar-refractivity contribution in [2.75, 3.05) is 0 Å². The zero-order valence-corrected chi connectivity index (χ0v) is 30.9. The van der Waals surface area contributed by atoms with Gasteiger partial charge in [-0.05, 0) is 82.8 Å². The zero-order chi connectivity index (χ0) is 35.7. The average molecular weight is 671 g/mol. The van der Waals surface area contributed by atoms with Gasteiger partial charge in [-0.25, -0.2) is 0 Å². The molecule has 272 valence electrons. The van der Waals surface area contributed by atoms with Crippen molar-refractivity contribution in [1.82, 2.24) is 0 Å². The van der Waals surface area contributed by atoms with E-state index in [1.807, 2.05) is 18.2 Å². The van der Waals surface area contributed by atoms with Crippen molar-refractivity contribution in [3.63, 3.8) is 0 Å². The monoisotopic (exact) mass is 671 g/mol. The molecule has 0 aromatic rings. The first-order valence-electron chi connectivity index (χ1n) is 19.7. The summed E-state index contributed by atoms with van der Waals surface area (Å²) >= 11 is 0. The van der Waals surface area contributed by atoms with Crippen LogP contribution in [-0.2, 0) is 0 Å². The Kier molecular flexibility index (Phi) is 37.2. The quantitative estimate of drug-likeness (QED) is 0.0391. The summed E-state index contributed by atoms with van der Waals surface area (Å²) in [4.78, 5) is 0. The summed E-state index contributed by atoms with van der Waals surface area (Å²) in [6, 6.07) is 0. The first kappa shape index (κ1) is 46.1. The van der Waals surface area contributed by atoms with E-state index >= 15 is 0 Å². The molecule has 0 fully saturated rings. The number of terminal acetylenes is 2. The predicted octanol–water partition coefficient (Wildman–Crippen LogP) is 11.1. The molecule has 3 nitrogen and oxygen atoms in total. The van der Waals surface area contributed by atoms with Crippen LogP contribution in [0.4, 0.5) is 0 Å². The van der Waals surface area contributed by atoms with Gasteiger partial charge in [0.25, 0.3) is 0 Å². The molecule has 0 spiro atoms.